The first-order valence-electron chi connectivity index (χ1n) is 11.3. The van der Waals surface area contributed by atoms with E-state index in [1.165, 1.54) is 12.0 Å². The Morgan fingerprint density at radius 3 is 2.71 bits per heavy atom. The van der Waals surface area contributed by atoms with E-state index in [0.29, 0.717) is 6.42 Å². The van der Waals surface area contributed by atoms with Crippen molar-refractivity contribution in [3.63, 3.8) is 0 Å². The topological polar surface area (TPSA) is 134 Å². The quantitative estimate of drug-likeness (QED) is 0.197. The maximum atomic E-state index is 13.2. The lowest BCUT2D eigenvalue weighted by molar-refractivity contribution is -0.145. The number of azide groups is 1. The van der Waals surface area contributed by atoms with E-state index in [1.807, 2.05) is 49.4 Å². The summed E-state index contributed by atoms with van der Waals surface area (Å²) in [6, 6.07) is 11.2. The van der Waals surface area contributed by atoms with Gasteiger partial charge >= 0.3 is 12.1 Å². The van der Waals surface area contributed by atoms with Gasteiger partial charge in [-0.25, -0.2) is 9.59 Å². The number of nitrogens with zero attached hydrogens (tertiary/aromatic N) is 4. The Balaban J connectivity index is 1.75. The van der Waals surface area contributed by atoms with Crippen molar-refractivity contribution < 1.29 is 23.9 Å². The van der Waals surface area contributed by atoms with Gasteiger partial charge in [-0.3, -0.25) is 9.69 Å². The average Bonchev–Trinajstić information content (AvgIpc) is 3.27. The number of nitrogens with one attached hydrogen (secondary N) is 1. The number of rotatable bonds is 9. The summed E-state index contributed by atoms with van der Waals surface area (Å²) in [7, 11) is 1.26. The molecular weight excluding hydrogens is 438 g/mol. The van der Waals surface area contributed by atoms with Crippen molar-refractivity contribution in [2.75, 3.05) is 20.3 Å². The van der Waals surface area contributed by atoms with E-state index in [1.54, 1.807) is 0 Å². The van der Waals surface area contributed by atoms with Gasteiger partial charge in [0.2, 0.25) is 5.91 Å². The Labute approximate surface area is 197 Å². The highest BCUT2D eigenvalue weighted by atomic mass is 16.6. The molecule has 0 spiro atoms. The van der Waals surface area contributed by atoms with Gasteiger partial charge < -0.3 is 14.8 Å². The first kappa shape index (κ1) is 24.9. The van der Waals surface area contributed by atoms with Gasteiger partial charge in [0.25, 0.3) is 0 Å². The van der Waals surface area contributed by atoms with Crippen LogP contribution in [-0.4, -0.2) is 61.3 Å². The lowest BCUT2D eigenvalue weighted by atomic mass is 10.0. The summed E-state index contributed by atoms with van der Waals surface area (Å²) in [5.41, 5.74) is 9.65. The Kier molecular flexibility index (Phi) is 8.70. The highest BCUT2D eigenvalue weighted by Crippen LogP contribution is 2.23. The van der Waals surface area contributed by atoms with Gasteiger partial charge in [-0.15, -0.1) is 0 Å². The zero-order valence-electron chi connectivity index (χ0n) is 19.3. The maximum Gasteiger partial charge on any atom is 0.410 e. The summed E-state index contributed by atoms with van der Waals surface area (Å²) in [5.74, 6) is -1.12. The molecule has 0 bridgehead atoms. The number of likely N-dealkylation sites (tertiary alicyclic amines) is 1. The summed E-state index contributed by atoms with van der Waals surface area (Å²) in [6.07, 6.45) is 1.27. The van der Waals surface area contributed by atoms with E-state index in [4.69, 9.17) is 15.0 Å². The second-order valence-electron chi connectivity index (χ2n) is 8.20. The Hall–Kier alpha value is -3.78. The third kappa shape index (κ3) is 6.17. The predicted octanol–water partition coefficient (Wildman–Crippen LogP) is 3.73. The summed E-state index contributed by atoms with van der Waals surface area (Å²) in [5, 5.41) is 8.48. The van der Waals surface area contributed by atoms with Gasteiger partial charge in [0.1, 0.15) is 12.1 Å². The summed E-state index contributed by atoms with van der Waals surface area (Å²) >= 11 is 0. The second kappa shape index (κ2) is 11.9. The van der Waals surface area contributed by atoms with Crippen LogP contribution in [0.25, 0.3) is 21.2 Å². The number of esters is 1. The van der Waals surface area contributed by atoms with Crippen molar-refractivity contribution >= 4 is 28.7 Å². The van der Waals surface area contributed by atoms with E-state index in [-0.39, 0.29) is 26.0 Å². The maximum absolute atomic E-state index is 13.2. The van der Waals surface area contributed by atoms with Gasteiger partial charge in [0.15, 0.2) is 0 Å². The fourth-order valence-corrected chi connectivity index (χ4v) is 4.01. The number of hydrogen-bond donors (Lipinski definition) is 1. The van der Waals surface area contributed by atoms with Crippen molar-refractivity contribution in [3.8, 4) is 0 Å². The molecule has 0 aromatic heterocycles. The molecule has 0 radical (unpaired) electrons. The lowest BCUT2D eigenvalue weighted by Gasteiger charge is -2.25. The lowest BCUT2D eigenvalue weighted by Crippen LogP contribution is -2.51. The first-order chi connectivity index (χ1) is 16.5. The molecule has 1 N–H and O–H groups in total. The summed E-state index contributed by atoms with van der Waals surface area (Å²) in [4.78, 5) is 42.3. The van der Waals surface area contributed by atoms with E-state index in [9.17, 15) is 14.4 Å². The van der Waals surface area contributed by atoms with Crippen molar-refractivity contribution in [1.82, 2.24) is 10.2 Å². The SMILES string of the molecule is CCCCOC(=O)N1C[C@@H](N=[N+]=[N-])C[C@H]1C(=O)N[C@@H](Cc1ccc2ccccc2c1)C(=O)OC. The average molecular weight is 468 g/mol. The van der Waals surface area contributed by atoms with Crippen LogP contribution >= 0.6 is 0 Å². The van der Waals surface area contributed by atoms with Crippen molar-refractivity contribution in [2.24, 2.45) is 5.11 Å². The molecule has 1 saturated heterocycles. The minimum Gasteiger partial charge on any atom is -0.467 e. The molecule has 1 heterocycles. The van der Waals surface area contributed by atoms with Gasteiger partial charge in [-0.2, -0.15) is 0 Å². The first-order valence-corrected chi connectivity index (χ1v) is 11.3. The molecule has 2 aromatic rings. The van der Waals surface area contributed by atoms with Gasteiger partial charge in [-0.1, -0.05) is 60.9 Å². The molecule has 180 valence electrons. The number of methoxy groups -OCH3 is 1. The smallest absolute Gasteiger partial charge is 0.410 e. The minimum atomic E-state index is -0.949. The standard InChI is InChI=1S/C24H29N5O5/c1-3-4-11-34-24(32)29-15-19(27-28-25)14-21(29)22(30)26-20(23(31)33-2)13-16-9-10-17-7-5-6-8-18(17)12-16/h5-10,12,19-21H,3-4,11,13-15H2,1-2H3,(H,26,30)/t19-,20-,21-/m0/s1. The number of fused-ring (bicyclic) bond motifs is 1. The molecule has 3 atom stereocenters. The van der Waals surface area contributed by atoms with Crippen LogP contribution in [0.5, 0.6) is 0 Å². The molecule has 1 fully saturated rings. The van der Waals surface area contributed by atoms with E-state index >= 15 is 0 Å². The van der Waals surface area contributed by atoms with Crippen LogP contribution in [0.15, 0.2) is 47.6 Å². The van der Waals surface area contributed by atoms with Crippen LogP contribution < -0.4 is 5.32 Å². The molecule has 34 heavy (non-hydrogen) atoms. The largest absolute Gasteiger partial charge is 0.467 e. The number of carbonyl (C=O) groups is 3. The summed E-state index contributed by atoms with van der Waals surface area (Å²) < 4.78 is 10.2. The third-order valence-corrected chi connectivity index (χ3v) is 5.81. The third-order valence-electron chi connectivity index (χ3n) is 5.81. The molecule has 10 heteroatoms. The molecule has 2 aromatic carbocycles. The highest BCUT2D eigenvalue weighted by Gasteiger charge is 2.41. The van der Waals surface area contributed by atoms with Crippen molar-refractivity contribution in [1.29, 1.82) is 0 Å². The zero-order chi connectivity index (χ0) is 24.5. The Morgan fingerprint density at radius 1 is 1.24 bits per heavy atom. The molecule has 10 nitrogen and oxygen atoms in total. The molecule has 2 amide bonds. The molecule has 1 aliphatic rings. The van der Waals surface area contributed by atoms with Crippen LogP contribution in [0.2, 0.25) is 0 Å². The summed E-state index contributed by atoms with van der Waals surface area (Å²) in [6.45, 7) is 2.28. The number of carbonyl (C=O) groups excluding carboxylic acids is 3. The molecular formula is C24H29N5O5. The van der Waals surface area contributed by atoms with E-state index in [0.717, 1.165) is 22.8 Å². The van der Waals surface area contributed by atoms with Gasteiger partial charge in [0.05, 0.1) is 19.8 Å². The minimum absolute atomic E-state index is 0.0701. The molecule has 0 aliphatic carbocycles. The molecule has 0 saturated carbocycles. The predicted molar refractivity (Wildman–Crippen MR) is 126 cm³/mol. The molecule has 1 aliphatic heterocycles. The number of unbranched alkanes of at least 4 members (excludes halogenated alkanes) is 1. The fourth-order valence-electron chi connectivity index (χ4n) is 4.01. The van der Waals surface area contributed by atoms with Crippen LogP contribution in [0.1, 0.15) is 31.7 Å². The van der Waals surface area contributed by atoms with E-state index in [2.05, 4.69) is 15.3 Å². The van der Waals surface area contributed by atoms with Crippen LogP contribution in [-0.2, 0) is 25.5 Å². The van der Waals surface area contributed by atoms with E-state index < -0.39 is 36.1 Å². The van der Waals surface area contributed by atoms with Crippen molar-refractivity contribution in [2.45, 2.75) is 50.7 Å². The fraction of sp³-hybridized carbons (Fsp3) is 0.458. The zero-order valence-corrected chi connectivity index (χ0v) is 19.3. The van der Waals surface area contributed by atoms with Crippen LogP contribution in [0.3, 0.4) is 0 Å². The number of ether oxygens (including phenoxy) is 2. The van der Waals surface area contributed by atoms with Gasteiger partial charge in [0, 0.05) is 17.9 Å². The second-order valence-corrected chi connectivity index (χ2v) is 8.20. The normalized spacial score (nSPS) is 18.1. The molecule has 0 unspecified atom stereocenters. The number of benzene rings is 2. The molecule has 3 rings (SSSR count). The number of hydrogen-bond acceptors (Lipinski definition) is 6. The van der Waals surface area contributed by atoms with Crippen molar-refractivity contribution in [3.05, 3.63) is 58.5 Å². The number of amides is 2. The van der Waals surface area contributed by atoms with Crippen LogP contribution in [0, 0.1) is 0 Å². The Bertz CT molecular complexity index is 1080. The monoisotopic (exact) mass is 467 g/mol. The van der Waals surface area contributed by atoms with Crippen LogP contribution in [0.4, 0.5) is 4.79 Å². The van der Waals surface area contributed by atoms with Gasteiger partial charge in [-0.05, 0) is 34.7 Å². The highest BCUT2D eigenvalue weighted by molar-refractivity contribution is 5.90. The Morgan fingerprint density at radius 2 is 2.00 bits per heavy atom.